The Morgan fingerprint density at radius 1 is 1.40 bits per heavy atom. The van der Waals surface area contributed by atoms with Crippen molar-refractivity contribution in [2.75, 3.05) is 6.54 Å². The highest BCUT2D eigenvalue weighted by Crippen LogP contribution is 2.22. The van der Waals surface area contributed by atoms with Gasteiger partial charge in [0.25, 0.3) is 5.91 Å². The second-order valence-corrected chi connectivity index (χ2v) is 6.55. The lowest BCUT2D eigenvalue weighted by Gasteiger charge is -2.25. The molecule has 132 valence electrons. The Balaban J connectivity index is 1.84. The van der Waals surface area contributed by atoms with Crippen molar-refractivity contribution in [3.63, 3.8) is 0 Å². The van der Waals surface area contributed by atoms with Crippen molar-refractivity contribution in [2.24, 2.45) is 5.73 Å². The molecular formula is C17H22N6O2. The van der Waals surface area contributed by atoms with E-state index in [2.05, 4.69) is 20.5 Å². The summed E-state index contributed by atoms with van der Waals surface area (Å²) in [5.41, 5.74) is 7.26. The number of carbonyl (C=O) groups is 2. The van der Waals surface area contributed by atoms with Crippen molar-refractivity contribution in [3.8, 4) is 11.4 Å². The van der Waals surface area contributed by atoms with Crippen LogP contribution >= 0.6 is 0 Å². The number of nitrogens with two attached hydrogens (primary N) is 1. The minimum absolute atomic E-state index is 0.0102. The molecule has 8 heteroatoms. The number of carbonyl (C=O) groups excluding carboxylic acids is 2. The van der Waals surface area contributed by atoms with Crippen LogP contribution < -0.4 is 11.1 Å². The Labute approximate surface area is 145 Å². The SMILES string of the molecule is CC(C)NC(=O)[C@@H]1C[C@H](N)CN1C(=O)c1cccc(-c2ncn[nH]2)c1. The first kappa shape index (κ1) is 17.1. The van der Waals surface area contributed by atoms with Crippen molar-refractivity contribution >= 4 is 11.8 Å². The first-order valence-corrected chi connectivity index (χ1v) is 8.28. The summed E-state index contributed by atoms with van der Waals surface area (Å²) in [4.78, 5) is 31.0. The van der Waals surface area contributed by atoms with Crippen LogP contribution in [0.5, 0.6) is 0 Å². The standard InChI is InChI=1S/C17H22N6O2/c1-10(2)21-16(24)14-7-13(18)8-23(14)17(25)12-5-3-4-11(6-12)15-19-9-20-22-15/h3-6,9-10,13-14H,7-8,18H2,1-2H3,(H,21,24)(H,19,20,22)/t13-,14-/m0/s1. The Bertz CT molecular complexity index is 758. The molecule has 0 bridgehead atoms. The molecule has 1 saturated heterocycles. The molecule has 0 radical (unpaired) electrons. The largest absolute Gasteiger partial charge is 0.352 e. The van der Waals surface area contributed by atoms with E-state index in [0.717, 1.165) is 5.56 Å². The third-order valence-electron chi connectivity index (χ3n) is 4.13. The summed E-state index contributed by atoms with van der Waals surface area (Å²) < 4.78 is 0. The van der Waals surface area contributed by atoms with Crippen LogP contribution in [0.15, 0.2) is 30.6 Å². The molecular weight excluding hydrogens is 320 g/mol. The van der Waals surface area contributed by atoms with Gasteiger partial charge in [0.1, 0.15) is 12.4 Å². The minimum atomic E-state index is -0.543. The molecule has 1 aliphatic heterocycles. The zero-order valence-corrected chi connectivity index (χ0v) is 14.3. The van der Waals surface area contributed by atoms with Crippen LogP contribution in [0.25, 0.3) is 11.4 Å². The van der Waals surface area contributed by atoms with Crippen molar-refractivity contribution in [1.29, 1.82) is 0 Å². The molecule has 3 rings (SSSR count). The topological polar surface area (TPSA) is 117 Å². The van der Waals surface area contributed by atoms with E-state index in [-0.39, 0.29) is 23.9 Å². The van der Waals surface area contributed by atoms with E-state index >= 15 is 0 Å². The van der Waals surface area contributed by atoms with Gasteiger partial charge in [-0.3, -0.25) is 14.7 Å². The Hall–Kier alpha value is -2.74. The average molecular weight is 342 g/mol. The van der Waals surface area contributed by atoms with E-state index in [1.54, 1.807) is 23.1 Å². The van der Waals surface area contributed by atoms with Crippen LogP contribution in [-0.2, 0) is 4.79 Å². The number of aromatic amines is 1. The monoisotopic (exact) mass is 342 g/mol. The number of amides is 2. The highest BCUT2D eigenvalue weighted by Gasteiger charge is 2.38. The molecule has 1 aliphatic rings. The molecule has 0 aliphatic carbocycles. The summed E-state index contributed by atoms with van der Waals surface area (Å²) in [6.45, 7) is 4.14. The second kappa shape index (κ2) is 7.02. The summed E-state index contributed by atoms with van der Waals surface area (Å²) in [5, 5.41) is 9.46. The first-order valence-electron chi connectivity index (χ1n) is 8.28. The second-order valence-electron chi connectivity index (χ2n) is 6.55. The Morgan fingerprint density at radius 2 is 2.20 bits per heavy atom. The van der Waals surface area contributed by atoms with Gasteiger partial charge in [0, 0.05) is 29.8 Å². The fourth-order valence-corrected chi connectivity index (χ4v) is 3.03. The molecule has 1 fully saturated rings. The van der Waals surface area contributed by atoms with E-state index in [0.29, 0.717) is 24.4 Å². The van der Waals surface area contributed by atoms with Crippen molar-refractivity contribution in [2.45, 2.75) is 38.4 Å². The van der Waals surface area contributed by atoms with Gasteiger partial charge in [-0.25, -0.2) is 4.98 Å². The van der Waals surface area contributed by atoms with Gasteiger partial charge in [0.15, 0.2) is 5.82 Å². The van der Waals surface area contributed by atoms with Crippen molar-refractivity contribution < 1.29 is 9.59 Å². The summed E-state index contributed by atoms with van der Waals surface area (Å²) >= 11 is 0. The predicted molar refractivity (Wildman–Crippen MR) is 92.5 cm³/mol. The number of aromatic nitrogens is 3. The smallest absolute Gasteiger partial charge is 0.254 e. The first-order chi connectivity index (χ1) is 12.0. The lowest BCUT2D eigenvalue weighted by molar-refractivity contribution is -0.125. The number of nitrogens with one attached hydrogen (secondary N) is 2. The molecule has 1 aromatic heterocycles. The van der Waals surface area contributed by atoms with E-state index in [1.807, 2.05) is 19.9 Å². The van der Waals surface area contributed by atoms with Gasteiger partial charge in [-0.15, -0.1) is 0 Å². The summed E-state index contributed by atoms with van der Waals surface area (Å²) in [7, 11) is 0. The quantitative estimate of drug-likeness (QED) is 0.749. The molecule has 2 amide bonds. The van der Waals surface area contributed by atoms with Crippen LogP contribution in [0.1, 0.15) is 30.6 Å². The summed E-state index contributed by atoms with van der Waals surface area (Å²) in [6.07, 6.45) is 1.88. The highest BCUT2D eigenvalue weighted by atomic mass is 16.2. The van der Waals surface area contributed by atoms with Gasteiger partial charge in [0.05, 0.1) is 0 Å². The maximum Gasteiger partial charge on any atom is 0.254 e. The number of benzene rings is 1. The number of H-pyrrole nitrogens is 1. The summed E-state index contributed by atoms with van der Waals surface area (Å²) in [6, 6.07) is 6.35. The maximum atomic E-state index is 13.0. The van der Waals surface area contributed by atoms with E-state index in [1.165, 1.54) is 6.33 Å². The third-order valence-corrected chi connectivity index (χ3v) is 4.13. The van der Waals surface area contributed by atoms with E-state index < -0.39 is 6.04 Å². The average Bonchev–Trinajstić information content (AvgIpc) is 3.23. The van der Waals surface area contributed by atoms with Gasteiger partial charge in [-0.05, 0) is 32.4 Å². The normalized spacial score (nSPS) is 20.1. The van der Waals surface area contributed by atoms with Crippen LogP contribution in [0.4, 0.5) is 0 Å². The zero-order chi connectivity index (χ0) is 18.0. The Kier molecular flexibility index (Phi) is 4.80. The molecule has 8 nitrogen and oxygen atoms in total. The van der Waals surface area contributed by atoms with Crippen molar-refractivity contribution in [1.82, 2.24) is 25.4 Å². The molecule has 4 N–H and O–H groups in total. The van der Waals surface area contributed by atoms with Gasteiger partial charge in [0.2, 0.25) is 5.91 Å². The molecule has 0 unspecified atom stereocenters. The number of rotatable bonds is 4. The van der Waals surface area contributed by atoms with Crippen molar-refractivity contribution in [3.05, 3.63) is 36.2 Å². The van der Waals surface area contributed by atoms with Gasteiger partial charge >= 0.3 is 0 Å². The number of likely N-dealkylation sites (tertiary alicyclic amines) is 1. The maximum absolute atomic E-state index is 13.0. The number of hydrogen-bond acceptors (Lipinski definition) is 5. The highest BCUT2D eigenvalue weighted by molar-refractivity contribution is 5.98. The van der Waals surface area contributed by atoms with Gasteiger partial charge < -0.3 is 16.0 Å². The lowest BCUT2D eigenvalue weighted by atomic mass is 10.1. The fraction of sp³-hybridized carbons (Fsp3) is 0.412. The molecule has 0 saturated carbocycles. The van der Waals surface area contributed by atoms with Crippen LogP contribution in [0.2, 0.25) is 0 Å². The van der Waals surface area contributed by atoms with E-state index in [9.17, 15) is 9.59 Å². The molecule has 25 heavy (non-hydrogen) atoms. The molecule has 0 spiro atoms. The number of hydrogen-bond donors (Lipinski definition) is 3. The Morgan fingerprint density at radius 3 is 2.88 bits per heavy atom. The minimum Gasteiger partial charge on any atom is -0.352 e. The lowest BCUT2D eigenvalue weighted by Crippen LogP contribution is -2.47. The molecule has 1 aromatic carbocycles. The van der Waals surface area contributed by atoms with Gasteiger partial charge in [-0.1, -0.05) is 12.1 Å². The van der Waals surface area contributed by atoms with Gasteiger partial charge in [-0.2, -0.15) is 5.10 Å². The van der Waals surface area contributed by atoms with E-state index in [4.69, 9.17) is 5.73 Å². The third kappa shape index (κ3) is 3.69. The van der Waals surface area contributed by atoms with Crippen LogP contribution in [0, 0.1) is 0 Å². The number of nitrogens with zero attached hydrogens (tertiary/aromatic N) is 3. The predicted octanol–water partition coefficient (Wildman–Crippen LogP) is 0.538. The zero-order valence-electron chi connectivity index (χ0n) is 14.3. The summed E-state index contributed by atoms with van der Waals surface area (Å²) in [5.74, 6) is 0.211. The molecule has 2 heterocycles. The van der Waals surface area contributed by atoms with Crippen LogP contribution in [0.3, 0.4) is 0 Å². The fourth-order valence-electron chi connectivity index (χ4n) is 3.03. The van der Waals surface area contributed by atoms with Crippen LogP contribution in [-0.4, -0.2) is 56.6 Å². The molecule has 2 aromatic rings. The molecule has 2 atom stereocenters.